The van der Waals surface area contributed by atoms with Gasteiger partial charge in [0, 0.05) is 5.92 Å². The van der Waals surface area contributed by atoms with Crippen LogP contribution in [0.1, 0.15) is 85.0 Å². The number of hydrogen-bond acceptors (Lipinski definition) is 2. The Morgan fingerprint density at radius 2 is 1.78 bits per heavy atom. The van der Waals surface area contributed by atoms with E-state index in [0.29, 0.717) is 18.5 Å². The monoisotopic (exact) mass is 327 g/mol. The van der Waals surface area contributed by atoms with Crippen molar-refractivity contribution in [1.82, 2.24) is 15.0 Å². The van der Waals surface area contributed by atoms with E-state index in [0.717, 1.165) is 25.7 Å². The molecule has 1 aromatic heterocycles. The first-order valence-electron chi connectivity index (χ1n) is 8.91. The molecule has 1 aliphatic rings. The normalized spacial score (nSPS) is 22.3. The minimum atomic E-state index is -2.90. The number of nitrogens with zero attached hydrogens (tertiary/aromatic N) is 3. The highest BCUT2D eigenvalue weighted by molar-refractivity contribution is 5.21. The van der Waals surface area contributed by atoms with Crippen molar-refractivity contribution in [3.05, 3.63) is 11.4 Å². The SMILES string of the molecule is CCC(C)(C)C1CCCCc2nnn(C(C)(C)CC)c2C1(F)F. The summed E-state index contributed by atoms with van der Waals surface area (Å²) in [6.07, 6.45) is 4.37. The van der Waals surface area contributed by atoms with E-state index in [2.05, 4.69) is 10.3 Å². The van der Waals surface area contributed by atoms with Gasteiger partial charge in [-0.3, -0.25) is 0 Å². The molecule has 0 radical (unpaired) electrons. The van der Waals surface area contributed by atoms with Gasteiger partial charge in [-0.15, -0.1) is 5.10 Å². The van der Waals surface area contributed by atoms with Crippen LogP contribution < -0.4 is 0 Å². The summed E-state index contributed by atoms with van der Waals surface area (Å²) in [7, 11) is 0. The van der Waals surface area contributed by atoms with Crippen molar-refractivity contribution >= 4 is 0 Å². The smallest absolute Gasteiger partial charge is 0.237 e. The van der Waals surface area contributed by atoms with Crippen molar-refractivity contribution in [3.63, 3.8) is 0 Å². The van der Waals surface area contributed by atoms with Crippen LogP contribution in [0.3, 0.4) is 0 Å². The maximum Gasteiger partial charge on any atom is 0.294 e. The molecule has 23 heavy (non-hydrogen) atoms. The molecule has 1 atom stereocenters. The lowest BCUT2D eigenvalue weighted by atomic mass is 9.69. The molecule has 1 heterocycles. The van der Waals surface area contributed by atoms with E-state index in [1.807, 2.05) is 41.5 Å². The summed E-state index contributed by atoms with van der Waals surface area (Å²) in [4.78, 5) is 0. The second-order valence-electron chi connectivity index (χ2n) is 8.23. The third kappa shape index (κ3) is 3.16. The second kappa shape index (κ2) is 6.14. The fourth-order valence-corrected chi connectivity index (χ4v) is 3.50. The third-order valence-electron chi connectivity index (χ3n) is 5.94. The molecule has 1 aromatic rings. The van der Waals surface area contributed by atoms with Crippen molar-refractivity contribution in [2.24, 2.45) is 11.3 Å². The lowest BCUT2D eigenvalue weighted by Gasteiger charge is -2.41. The van der Waals surface area contributed by atoms with Crippen molar-refractivity contribution < 1.29 is 8.78 Å². The third-order valence-corrected chi connectivity index (χ3v) is 5.94. The van der Waals surface area contributed by atoms with Gasteiger partial charge in [0.1, 0.15) is 5.69 Å². The van der Waals surface area contributed by atoms with Crippen LogP contribution in [-0.4, -0.2) is 15.0 Å². The fourth-order valence-electron chi connectivity index (χ4n) is 3.50. The van der Waals surface area contributed by atoms with Gasteiger partial charge in [-0.05, 0) is 44.9 Å². The van der Waals surface area contributed by atoms with E-state index in [9.17, 15) is 0 Å². The van der Waals surface area contributed by atoms with Gasteiger partial charge >= 0.3 is 0 Å². The molecule has 0 fully saturated rings. The Morgan fingerprint density at radius 3 is 2.35 bits per heavy atom. The van der Waals surface area contributed by atoms with Crippen LogP contribution in [0, 0.1) is 11.3 Å². The first-order valence-corrected chi connectivity index (χ1v) is 8.91. The number of fused-ring (bicyclic) bond motifs is 1. The zero-order chi connectivity index (χ0) is 17.5. The lowest BCUT2D eigenvalue weighted by Crippen LogP contribution is -2.42. The number of aryl methyl sites for hydroxylation is 1. The molecular weight excluding hydrogens is 296 g/mol. The van der Waals surface area contributed by atoms with Gasteiger partial charge in [-0.2, -0.15) is 8.78 Å². The lowest BCUT2D eigenvalue weighted by molar-refractivity contribution is -0.124. The van der Waals surface area contributed by atoms with Crippen LogP contribution in [0.4, 0.5) is 8.78 Å². The zero-order valence-corrected chi connectivity index (χ0v) is 15.4. The number of aromatic nitrogens is 3. The molecule has 132 valence electrons. The molecule has 1 aliphatic carbocycles. The Bertz CT molecular complexity index is 546. The van der Waals surface area contributed by atoms with Crippen LogP contribution in [-0.2, 0) is 17.9 Å². The highest BCUT2D eigenvalue weighted by Crippen LogP contribution is 2.51. The predicted octanol–water partition coefficient (Wildman–Crippen LogP) is 5.29. The summed E-state index contributed by atoms with van der Waals surface area (Å²) in [6, 6.07) is 0. The molecule has 3 nitrogen and oxygen atoms in total. The predicted molar refractivity (Wildman–Crippen MR) is 88.6 cm³/mol. The Kier molecular flexibility index (Phi) is 4.89. The quantitative estimate of drug-likeness (QED) is 0.752. The number of halogens is 2. The minimum absolute atomic E-state index is 0.0653. The fraction of sp³-hybridized carbons (Fsp3) is 0.889. The first-order chi connectivity index (χ1) is 10.6. The number of rotatable bonds is 4. The Hall–Kier alpha value is -1.00. The molecule has 0 saturated heterocycles. The van der Waals surface area contributed by atoms with E-state index in [4.69, 9.17) is 0 Å². The van der Waals surface area contributed by atoms with Gasteiger partial charge in [-0.25, -0.2) is 4.68 Å². The highest BCUT2D eigenvalue weighted by atomic mass is 19.3. The average molecular weight is 327 g/mol. The van der Waals surface area contributed by atoms with Gasteiger partial charge < -0.3 is 0 Å². The van der Waals surface area contributed by atoms with Crippen LogP contribution in [0.15, 0.2) is 0 Å². The van der Waals surface area contributed by atoms with Gasteiger partial charge in [-0.1, -0.05) is 45.7 Å². The Morgan fingerprint density at radius 1 is 1.13 bits per heavy atom. The summed E-state index contributed by atoms with van der Waals surface area (Å²) in [5.74, 6) is -3.57. The molecule has 0 bridgehead atoms. The van der Waals surface area contributed by atoms with E-state index in [1.54, 1.807) is 0 Å². The van der Waals surface area contributed by atoms with Gasteiger partial charge in [0.25, 0.3) is 5.92 Å². The summed E-state index contributed by atoms with van der Waals surface area (Å²) in [5.41, 5.74) is -0.308. The Balaban J connectivity index is 2.62. The number of hydrogen-bond donors (Lipinski definition) is 0. The van der Waals surface area contributed by atoms with Crippen LogP contribution in [0.25, 0.3) is 0 Å². The van der Waals surface area contributed by atoms with E-state index in [-0.39, 0.29) is 5.69 Å². The summed E-state index contributed by atoms with van der Waals surface area (Å²) in [5, 5.41) is 8.29. The Labute approximate surface area is 138 Å². The summed E-state index contributed by atoms with van der Waals surface area (Å²) >= 11 is 0. The molecule has 2 rings (SSSR count). The van der Waals surface area contributed by atoms with Crippen molar-refractivity contribution in [2.75, 3.05) is 0 Å². The van der Waals surface area contributed by atoms with E-state index >= 15 is 8.78 Å². The molecule has 1 unspecified atom stereocenters. The molecule has 0 aliphatic heterocycles. The van der Waals surface area contributed by atoms with Gasteiger partial charge in [0.05, 0.1) is 11.2 Å². The topological polar surface area (TPSA) is 30.7 Å². The van der Waals surface area contributed by atoms with Gasteiger partial charge in [0.15, 0.2) is 0 Å². The molecule has 5 heteroatoms. The second-order valence-corrected chi connectivity index (χ2v) is 8.23. The maximum absolute atomic E-state index is 15.6. The number of alkyl halides is 2. The molecule has 0 N–H and O–H groups in total. The van der Waals surface area contributed by atoms with Gasteiger partial charge in [0.2, 0.25) is 0 Å². The van der Waals surface area contributed by atoms with Crippen LogP contribution >= 0.6 is 0 Å². The first kappa shape index (κ1) is 18.3. The largest absolute Gasteiger partial charge is 0.294 e. The van der Waals surface area contributed by atoms with Crippen molar-refractivity contribution in [1.29, 1.82) is 0 Å². The zero-order valence-electron chi connectivity index (χ0n) is 15.4. The summed E-state index contributed by atoms with van der Waals surface area (Å²) in [6.45, 7) is 11.8. The van der Waals surface area contributed by atoms with E-state index < -0.39 is 22.8 Å². The molecular formula is C18H31F2N3. The van der Waals surface area contributed by atoms with Crippen LogP contribution in [0.5, 0.6) is 0 Å². The summed E-state index contributed by atoms with van der Waals surface area (Å²) < 4.78 is 32.8. The molecule has 0 saturated carbocycles. The standard InChI is InChI=1S/C18H31F2N3/c1-7-16(3,4)14-12-10-9-11-13-15(18(14,19)20)23(22-21-13)17(5,6)8-2/h14H,7-12H2,1-6H3. The average Bonchev–Trinajstić information content (AvgIpc) is 2.90. The highest BCUT2D eigenvalue weighted by Gasteiger charge is 2.53. The van der Waals surface area contributed by atoms with Crippen LogP contribution in [0.2, 0.25) is 0 Å². The molecule has 0 spiro atoms. The van der Waals surface area contributed by atoms with E-state index in [1.165, 1.54) is 4.68 Å². The maximum atomic E-state index is 15.6. The molecule has 0 amide bonds. The van der Waals surface area contributed by atoms with Crippen molar-refractivity contribution in [3.8, 4) is 0 Å². The molecule has 0 aromatic carbocycles. The minimum Gasteiger partial charge on any atom is -0.237 e. The van der Waals surface area contributed by atoms with Crippen molar-refractivity contribution in [2.45, 2.75) is 91.5 Å².